The van der Waals surface area contributed by atoms with Gasteiger partial charge in [-0.25, -0.2) is 8.42 Å². The van der Waals surface area contributed by atoms with Gasteiger partial charge in [-0.2, -0.15) is 4.72 Å². The van der Waals surface area contributed by atoms with Gasteiger partial charge in [0.05, 0.1) is 4.90 Å². The number of carboxylic acid groups (broad SMARTS) is 1. The Morgan fingerprint density at radius 2 is 2.00 bits per heavy atom. The van der Waals surface area contributed by atoms with Crippen LogP contribution < -0.4 is 4.72 Å². The molecule has 1 aromatic rings. The maximum Gasteiger partial charge on any atom is 0.322 e. The van der Waals surface area contributed by atoms with Crippen LogP contribution in [0.1, 0.15) is 20.3 Å². The molecule has 0 amide bonds. The number of benzene rings is 1. The van der Waals surface area contributed by atoms with Gasteiger partial charge in [-0.3, -0.25) is 4.79 Å². The second kappa shape index (κ2) is 7.10. The van der Waals surface area contributed by atoms with Crippen LogP contribution in [-0.2, 0) is 14.8 Å². The number of hydrogen-bond donors (Lipinski definition) is 2. The summed E-state index contributed by atoms with van der Waals surface area (Å²) in [4.78, 5) is 11.9. The number of thioether (sulfide) groups is 1. The van der Waals surface area contributed by atoms with E-state index in [1.54, 1.807) is 31.4 Å². The average molecular weight is 317 g/mol. The molecule has 0 saturated carbocycles. The highest BCUT2D eigenvalue weighted by Crippen LogP contribution is 2.25. The van der Waals surface area contributed by atoms with E-state index in [0.717, 1.165) is 0 Å². The van der Waals surface area contributed by atoms with Crippen LogP contribution in [0.2, 0.25) is 0 Å². The number of hydrogen-bond acceptors (Lipinski definition) is 4. The molecule has 1 aromatic carbocycles. The Labute approximate surface area is 123 Å². The highest BCUT2D eigenvalue weighted by Gasteiger charge is 2.30. The van der Waals surface area contributed by atoms with Gasteiger partial charge in [0.1, 0.15) is 6.04 Å². The van der Waals surface area contributed by atoms with Crippen LogP contribution in [0.25, 0.3) is 0 Å². The molecule has 2 N–H and O–H groups in total. The van der Waals surface area contributed by atoms with Crippen LogP contribution in [0.3, 0.4) is 0 Å². The molecule has 0 fully saturated rings. The quantitative estimate of drug-likeness (QED) is 0.753. The standard InChI is InChI=1S/C13H19NO4S2/c1-4-9(2)12(13(15)16)14-20(17,18)11-8-6-5-7-10(11)19-3/h5-9,12,14H,4H2,1-3H3,(H,15,16)/t9-,12-/m0/s1. The minimum atomic E-state index is -3.85. The van der Waals surface area contributed by atoms with Crippen molar-refractivity contribution in [2.45, 2.75) is 36.1 Å². The first-order valence-corrected chi connectivity index (χ1v) is 8.92. The fraction of sp³-hybridized carbons (Fsp3) is 0.462. The van der Waals surface area contributed by atoms with Crippen molar-refractivity contribution in [2.24, 2.45) is 5.92 Å². The number of carboxylic acids is 1. The normalized spacial score (nSPS) is 14.8. The van der Waals surface area contributed by atoms with Crippen molar-refractivity contribution in [1.29, 1.82) is 0 Å². The van der Waals surface area contributed by atoms with E-state index in [0.29, 0.717) is 11.3 Å². The van der Waals surface area contributed by atoms with Gasteiger partial charge in [-0.1, -0.05) is 32.4 Å². The fourth-order valence-corrected chi connectivity index (χ4v) is 4.17. The van der Waals surface area contributed by atoms with Crippen molar-refractivity contribution >= 4 is 27.8 Å². The number of nitrogens with one attached hydrogen (secondary N) is 1. The summed E-state index contributed by atoms with van der Waals surface area (Å²) in [7, 11) is -3.85. The van der Waals surface area contributed by atoms with Crippen molar-refractivity contribution in [2.75, 3.05) is 6.26 Å². The zero-order valence-corrected chi connectivity index (χ0v) is 13.3. The van der Waals surface area contributed by atoms with Crippen LogP contribution in [0.15, 0.2) is 34.1 Å². The van der Waals surface area contributed by atoms with E-state index < -0.39 is 22.0 Å². The molecule has 2 atom stereocenters. The lowest BCUT2D eigenvalue weighted by molar-refractivity contribution is -0.140. The van der Waals surface area contributed by atoms with Gasteiger partial charge < -0.3 is 5.11 Å². The van der Waals surface area contributed by atoms with Crippen molar-refractivity contribution in [3.63, 3.8) is 0 Å². The minimum Gasteiger partial charge on any atom is -0.480 e. The topological polar surface area (TPSA) is 83.5 Å². The predicted molar refractivity (Wildman–Crippen MR) is 79.4 cm³/mol. The maximum atomic E-state index is 12.4. The van der Waals surface area contributed by atoms with Crippen molar-refractivity contribution in [3.8, 4) is 0 Å². The van der Waals surface area contributed by atoms with E-state index in [-0.39, 0.29) is 10.8 Å². The largest absolute Gasteiger partial charge is 0.480 e. The molecule has 0 aliphatic heterocycles. The molecule has 5 nitrogen and oxygen atoms in total. The Balaban J connectivity index is 3.13. The molecule has 0 aliphatic rings. The summed E-state index contributed by atoms with van der Waals surface area (Å²) in [5.41, 5.74) is 0. The third-order valence-corrected chi connectivity index (χ3v) is 5.54. The van der Waals surface area contributed by atoms with E-state index in [4.69, 9.17) is 0 Å². The summed E-state index contributed by atoms with van der Waals surface area (Å²) in [6, 6.07) is 5.41. The van der Waals surface area contributed by atoms with E-state index >= 15 is 0 Å². The molecule has 7 heteroatoms. The Kier molecular flexibility index (Phi) is 6.04. The molecule has 0 bridgehead atoms. The molecule has 0 radical (unpaired) electrons. The summed E-state index contributed by atoms with van der Waals surface area (Å²) < 4.78 is 27.0. The van der Waals surface area contributed by atoms with E-state index in [1.165, 1.54) is 17.8 Å². The van der Waals surface area contributed by atoms with E-state index in [9.17, 15) is 18.3 Å². The summed E-state index contributed by atoms with van der Waals surface area (Å²) in [5.74, 6) is -1.45. The van der Waals surface area contributed by atoms with Crippen molar-refractivity contribution in [1.82, 2.24) is 4.72 Å². The number of aliphatic carboxylic acids is 1. The van der Waals surface area contributed by atoms with E-state index in [2.05, 4.69) is 4.72 Å². The molecule has 0 saturated heterocycles. The highest BCUT2D eigenvalue weighted by atomic mass is 32.2. The van der Waals surface area contributed by atoms with Gasteiger partial charge in [0.2, 0.25) is 10.0 Å². The average Bonchev–Trinajstić information content (AvgIpc) is 2.43. The van der Waals surface area contributed by atoms with Gasteiger partial charge in [-0.15, -0.1) is 11.8 Å². The molecule has 0 aliphatic carbocycles. The molecule has 0 aromatic heterocycles. The van der Waals surface area contributed by atoms with Crippen molar-refractivity contribution < 1.29 is 18.3 Å². The molecule has 20 heavy (non-hydrogen) atoms. The molecular weight excluding hydrogens is 298 g/mol. The molecule has 1 rings (SSSR count). The summed E-state index contributed by atoms with van der Waals surface area (Å²) >= 11 is 1.31. The van der Waals surface area contributed by atoms with Gasteiger partial charge in [0.15, 0.2) is 0 Å². The lowest BCUT2D eigenvalue weighted by atomic mass is 10.0. The molecule has 0 heterocycles. The van der Waals surface area contributed by atoms with Crippen LogP contribution in [0.5, 0.6) is 0 Å². The number of carbonyl (C=O) groups is 1. The molecule has 0 unspecified atom stereocenters. The SMILES string of the molecule is CC[C@H](C)[C@H](NS(=O)(=O)c1ccccc1SC)C(=O)O. The van der Waals surface area contributed by atoms with Crippen molar-refractivity contribution in [3.05, 3.63) is 24.3 Å². The number of rotatable bonds is 7. The van der Waals surface area contributed by atoms with Crippen LogP contribution in [0, 0.1) is 5.92 Å². The number of sulfonamides is 1. The van der Waals surface area contributed by atoms with Crippen LogP contribution in [0.4, 0.5) is 0 Å². The first-order valence-electron chi connectivity index (χ1n) is 6.21. The Hall–Kier alpha value is -1.05. The second-order valence-electron chi connectivity index (χ2n) is 4.47. The third-order valence-electron chi connectivity index (χ3n) is 3.12. The first kappa shape index (κ1) is 17.0. The Bertz CT molecular complexity index is 571. The predicted octanol–water partition coefficient (Wildman–Crippen LogP) is 2.19. The fourth-order valence-electron chi connectivity index (χ4n) is 1.72. The zero-order chi connectivity index (χ0) is 15.3. The summed E-state index contributed by atoms with van der Waals surface area (Å²) in [5, 5.41) is 9.18. The Morgan fingerprint density at radius 3 is 2.50 bits per heavy atom. The third kappa shape index (κ3) is 3.97. The van der Waals surface area contributed by atoms with Gasteiger partial charge >= 0.3 is 5.97 Å². The van der Waals surface area contributed by atoms with Gasteiger partial charge in [0.25, 0.3) is 0 Å². The monoisotopic (exact) mass is 317 g/mol. The second-order valence-corrected chi connectivity index (χ2v) is 7.00. The van der Waals surface area contributed by atoms with Crippen LogP contribution in [-0.4, -0.2) is 31.8 Å². The molecule has 0 spiro atoms. The summed E-state index contributed by atoms with van der Waals surface area (Å²) in [6.07, 6.45) is 2.35. The Morgan fingerprint density at radius 1 is 1.40 bits per heavy atom. The highest BCUT2D eigenvalue weighted by molar-refractivity contribution is 7.99. The van der Waals surface area contributed by atoms with Gasteiger partial charge in [-0.05, 0) is 24.3 Å². The molecular formula is C13H19NO4S2. The lowest BCUT2D eigenvalue weighted by Gasteiger charge is -2.20. The summed E-state index contributed by atoms with van der Waals surface area (Å²) in [6.45, 7) is 3.53. The minimum absolute atomic E-state index is 0.113. The lowest BCUT2D eigenvalue weighted by Crippen LogP contribution is -2.45. The maximum absolute atomic E-state index is 12.4. The van der Waals surface area contributed by atoms with E-state index in [1.807, 2.05) is 6.92 Å². The first-order chi connectivity index (χ1) is 9.33. The van der Waals surface area contributed by atoms with Crippen LogP contribution >= 0.6 is 11.8 Å². The smallest absolute Gasteiger partial charge is 0.322 e. The van der Waals surface area contributed by atoms with Gasteiger partial charge in [0, 0.05) is 4.90 Å². The zero-order valence-electron chi connectivity index (χ0n) is 11.7. The molecule has 112 valence electrons.